The first-order chi connectivity index (χ1) is 6.24. The quantitative estimate of drug-likeness (QED) is 0.638. The molecule has 1 rings (SSSR count). The van der Waals surface area contributed by atoms with Gasteiger partial charge in [0.15, 0.2) is 0 Å². The Morgan fingerprint density at radius 3 is 2.92 bits per heavy atom. The van der Waals surface area contributed by atoms with Gasteiger partial charge in [0.1, 0.15) is 0 Å². The van der Waals surface area contributed by atoms with Gasteiger partial charge in [0, 0.05) is 20.3 Å². The molecule has 0 saturated carbocycles. The molecule has 0 fully saturated rings. The highest BCUT2D eigenvalue weighted by molar-refractivity contribution is 14.1. The van der Waals surface area contributed by atoms with Crippen LogP contribution in [0.1, 0.15) is 6.42 Å². The molecule has 0 aliphatic carbocycles. The number of rotatable bonds is 4. The van der Waals surface area contributed by atoms with Crippen molar-refractivity contribution < 1.29 is 4.39 Å². The minimum Gasteiger partial charge on any atom is -0.384 e. The fourth-order valence-electron chi connectivity index (χ4n) is 0.923. The Morgan fingerprint density at radius 1 is 1.46 bits per heavy atom. The van der Waals surface area contributed by atoms with Crippen molar-refractivity contribution in [3.63, 3.8) is 0 Å². The first-order valence-electron chi connectivity index (χ1n) is 3.99. The molecule has 0 spiro atoms. The number of alkyl halides is 1. The van der Waals surface area contributed by atoms with E-state index in [1.165, 1.54) is 3.57 Å². The van der Waals surface area contributed by atoms with Crippen LogP contribution >= 0.6 is 38.5 Å². The average molecular weight is 358 g/mol. The first kappa shape index (κ1) is 11.2. The topological polar surface area (TPSA) is 12.0 Å². The molecule has 0 unspecified atom stereocenters. The van der Waals surface area contributed by atoms with Gasteiger partial charge in [-0.2, -0.15) is 0 Å². The zero-order valence-electron chi connectivity index (χ0n) is 6.99. The number of halogens is 3. The molecule has 0 aromatic heterocycles. The minimum atomic E-state index is -0.269. The van der Waals surface area contributed by atoms with Crippen LogP contribution in [0.25, 0.3) is 0 Å². The molecular formula is C9H10BrFIN. The molecule has 0 bridgehead atoms. The number of hydrogen-bond donors (Lipinski definition) is 1. The van der Waals surface area contributed by atoms with Crippen molar-refractivity contribution in [3.05, 3.63) is 26.2 Å². The Kier molecular flexibility index (Phi) is 5.01. The number of hydrogen-bond acceptors (Lipinski definition) is 1. The fraction of sp³-hybridized carbons (Fsp3) is 0.333. The fourth-order valence-corrected chi connectivity index (χ4v) is 1.80. The molecule has 4 heteroatoms. The van der Waals surface area contributed by atoms with Crippen LogP contribution in [0.5, 0.6) is 0 Å². The molecule has 0 atom stereocenters. The summed E-state index contributed by atoms with van der Waals surface area (Å²) in [4.78, 5) is 0. The van der Waals surface area contributed by atoms with E-state index in [0.717, 1.165) is 10.2 Å². The maximum absolute atomic E-state index is 11.8. The van der Waals surface area contributed by atoms with Crippen LogP contribution in [0.2, 0.25) is 0 Å². The molecule has 0 saturated heterocycles. The van der Waals surface area contributed by atoms with Gasteiger partial charge in [-0.05, 0) is 63.1 Å². The molecule has 1 aromatic carbocycles. The number of anilines is 1. The van der Waals surface area contributed by atoms with E-state index in [4.69, 9.17) is 0 Å². The van der Waals surface area contributed by atoms with Crippen molar-refractivity contribution >= 4 is 44.2 Å². The summed E-state index contributed by atoms with van der Waals surface area (Å²) >= 11 is 5.67. The summed E-state index contributed by atoms with van der Waals surface area (Å²) in [5.74, 6) is 0. The minimum absolute atomic E-state index is 0.269. The van der Waals surface area contributed by atoms with Crippen molar-refractivity contribution in [2.75, 3.05) is 18.5 Å². The molecule has 0 amide bonds. The lowest BCUT2D eigenvalue weighted by atomic mass is 10.3. The first-order valence-corrected chi connectivity index (χ1v) is 5.86. The summed E-state index contributed by atoms with van der Waals surface area (Å²) in [6.45, 7) is 0.406. The SMILES string of the molecule is FCCCNc1cc(I)ccc1Br. The molecule has 1 N–H and O–H groups in total. The third kappa shape index (κ3) is 3.81. The Hall–Kier alpha value is 0.160. The van der Waals surface area contributed by atoms with Crippen molar-refractivity contribution in [2.45, 2.75) is 6.42 Å². The molecular weight excluding hydrogens is 348 g/mol. The second kappa shape index (κ2) is 5.80. The van der Waals surface area contributed by atoms with E-state index in [-0.39, 0.29) is 6.67 Å². The van der Waals surface area contributed by atoms with Gasteiger partial charge in [-0.3, -0.25) is 4.39 Å². The second-order valence-electron chi connectivity index (χ2n) is 2.59. The third-order valence-corrected chi connectivity index (χ3v) is 2.92. The van der Waals surface area contributed by atoms with Crippen molar-refractivity contribution in [1.29, 1.82) is 0 Å². The third-order valence-electron chi connectivity index (χ3n) is 1.55. The van der Waals surface area contributed by atoms with Crippen LogP contribution in [0.4, 0.5) is 10.1 Å². The van der Waals surface area contributed by atoms with Gasteiger partial charge in [0.25, 0.3) is 0 Å². The van der Waals surface area contributed by atoms with Crippen molar-refractivity contribution in [3.8, 4) is 0 Å². The van der Waals surface area contributed by atoms with Gasteiger partial charge in [-0.15, -0.1) is 0 Å². The lowest BCUT2D eigenvalue weighted by molar-refractivity contribution is 0.481. The largest absolute Gasteiger partial charge is 0.384 e. The molecule has 13 heavy (non-hydrogen) atoms. The Bertz CT molecular complexity index is 280. The lowest BCUT2D eigenvalue weighted by Crippen LogP contribution is -2.02. The standard InChI is InChI=1S/C9H10BrFIN/c10-8-3-2-7(12)6-9(8)13-5-1-4-11/h2-3,6,13H,1,4-5H2. The molecule has 1 aromatic rings. The number of nitrogens with one attached hydrogen (secondary N) is 1. The molecule has 72 valence electrons. The summed E-state index contributed by atoms with van der Waals surface area (Å²) in [6.07, 6.45) is 0.553. The molecule has 0 heterocycles. The molecule has 0 aliphatic rings. The summed E-state index contributed by atoms with van der Waals surface area (Å²) < 4.78 is 14.0. The Balaban J connectivity index is 2.59. The normalized spacial score (nSPS) is 10.1. The van der Waals surface area contributed by atoms with Gasteiger partial charge >= 0.3 is 0 Å². The van der Waals surface area contributed by atoms with E-state index < -0.39 is 0 Å². The molecule has 0 aliphatic heterocycles. The van der Waals surface area contributed by atoms with Gasteiger partial charge < -0.3 is 5.32 Å². The van der Waals surface area contributed by atoms with Crippen molar-refractivity contribution in [2.24, 2.45) is 0 Å². The summed E-state index contributed by atoms with van der Waals surface area (Å²) in [5.41, 5.74) is 1.03. The van der Waals surface area contributed by atoms with Crippen LogP contribution in [0.15, 0.2) is 22.7 Å². The van der Waals surface area contributed by atoms with Crippen LogP contribution < -0.4 is 5.32 Å². The average Bonchev–Trinajstić information content (AvgIpc) is 2.11. The zero-order valence-corrected chi connectivity index (χ0v) is 10.7. The van der Waals surface area contributed by atoms with Gasteiger partial charge in [0.05, 0.1) is 6.67 Å². The van der Waals surface area contributed by atoms with E-state index in [0.29, 0.717) is 13.0 Å². The van der Waals surface area contributed by atoms with Crippen molar-refractivity contribution in [1.82, 2.24) is 0 Å². The van der Waals surface area contributed by atoms with Crippen LogP contribution in [0.3, 0.4) is 0 Å². The predicted octanol–water partition coefficient (Wildman–Crippen LogP) is 3.83. The van der Waals surface area contributed by atoms with Gasteiger partial charge in [-0.25, -0.2) is 0 Å². The van der Waals surface area contributed by atoms with E-state index in [1.54, 1.807) is 0 Å². The van der Waals surface area contributed by atoms with Crippen LogP contribution in [-0.4, -0.2) is 13.2 Å². The monoisotopic (exact) mass is 357 g/mol. The summed E-state index contributed by atoms with van der Waals surface area (Å²) in [7, 11) is 0. The predicted molar refractivity (Wildman–Crippen MR) is 65.9 cm³/mol. The van der Waals surface area contributed by atoms with Crippen LogP contribution in [-0.2, 0) is 0 Å². The maximum Gasteiger partial charge on any atom is 0.0911 e. The van der Waals surface area contributed by atoms with E-state index in [2.05, 4.69) is 43.8 Å². The smallest absolute Gasteiger partial charge is 0.0911 e. The molecule has 1 nitrogen and oxygen atoms in total. The Morgan fingerprint density at radius 2 is 2.23 bits per heavy atom. The number of benzene rings is 1. The highest BCUT2D eigenvalue weighted by Crippen LogP contribution is 2.24. The maximum atomic E-state index is 11.8. The van der Waals surface area contributed by atoms with Gasteiger partial charge in [-0.1, -0.05) is 0 Å². The zero-order chi connectivity index (χ0) is 9.68. The second-order valence-corrected chi connectivity index (χ2v) is 4.69. The molecule has 0 radical (unpaired) electrons. The van der Waals surface area contributed by atoms with E-state index in [9.17, 15) is 4.39 Å². The highest BCUT2D eigenvalue weighted by Gasteiger charge is 1.98. The summed E-state index contributed by atoms with van der Waals surface area (Å²) in [5, 5.41) is 3.16. The van der Waals surface area contributed by atoms with Gasteiger partial charge in [0.2, 0.25) is 0 Å². The highest BCUT2D eigenvalue weighted by atomic mass is 127. The Labute approximate surface area is 99.4 Å². The summed E-state index contributed by atoms with van der Waals surface area (Å²) in [6, 6.07) is 6.04. The van der Waals surface area contributed by atoms with E-state index in [1.807, 2.05) is 18.2 Å². The van der Waals surface area contributed by atoms with Crippen LogP contribution in [0, 0.1) is 3.57 Å². The lowest BCUT2D eigenvalue weighted by Gasteiger charge is -2.07. The van der Waals surface area contributed by atoms with E-state index >= 15 is 0 Å².